The van der Waals surface area contributed by atoms with Crippen LogP contribution in [0.25, 0.3) is 0 Å². The van der Waals surface area contributed by atoms with Gasteiger partial charge in [-0.1, -0.05) is 23.7 Å². The zero-order chi connectivity index (χ0) is 22.1. The number of aryl methyl sites for hydroxylation is 2. The molecule has 1 aliphatic rings. The van der Waals surface area contributed by atoms with Gasteiger partial charge >= 0.3 is 0 Å². The monoisotopic (exact) mass is 452 g/mol. The van der Waals surface area contributed by atoms with Gasteiger partial charge in [0.25, 0.3) is 17.7 Å². The first-order valence-electron chi connectivity index (χ1n) is 9.29. The summed E-state index contributed by atoms with van der Waals surface area (Å²) in [5.41, 5.74) is 3.22. The lowest BCUT2D eigenvalue weighted by Gasteiger charge is -2.16. The Kier molecular flexibility index (Phi) is 5.58. The first-order valence-corrected chi connectivity index (χ1v) is 10.5. The number of nitrogens with zero attached hydrogens (tertiary/aromatic N) is 2. The number of hydrogen-bond donors (Lipinski definition) is 2. The second-order valence-electron chi connectivity index (χ2n) is 6.90. The van der Waals surface area contributed by atoms with E-state index in [1.807, 2.05) is 19.9 Å². The summed E-state index contributed by atoms with van der Waals surface area (Å²) in [4.78, 5) is 43.1. The summed E-state index contributed by atoms with van der Waals surface area (Å²) >= 11 is 7.51. The number of benzene rings is 2. The number of rotatable bonds is 5. The second kappa shape index (κ2) is 8.33. The zero-order valence-corrected chi connectivity index (χ0v) is 18.2. The molecule has 0 fully saturated rings. The van der Waals surface area contributed by atoms with Crippen molar-refractivity contribution in [2.24, 2.45) is 0 Å². The maximum Gasteiger partial charge on any atom is 0.283 e. The number of imide groups is 1. The lowest BCUT2D eigenvalue weighted by atomic mass is 10.1. The Morgan fingerprint density at radius 3 is 2.58 bits per heavy atom. The molecule has 31 heavy (non-hydrogen) atoms. The van der Waals surface area contributed by atoms with E-state index in [9.17, 15) is 14.4 Å². The Hall–Kier alpha value is -3.49. The first-order chi connectivity index (χ1) is 14.8. The standard InChI is InChI=1S/C22H17ClN4O3S/c1-12-6-7-16(10-13(12)2)27-20(29)17(23)18(21(27)30)25-15-5-3-4-14(11-15)19(28)26-22-24-8-9-31-22/h3-11,25H,1-2H3,(H,24,26,28). The number of aromatic nitrogens is 1. The SMILES string of the molecule is Cc1ccc(N2C(=O)C(Cl)=C(Nc3cccc(C(=O)Nc4nccs4)c3)C2=O)cc1C. The minimum absolute atomic E-state index is 0.0395. The summed E-state index contributed by atoms with van der Waals surface area (Å²) in [6, 6.07) is 11.8. The molecule has 2 N–H and O–H groups in total. The number of nitrogens with one attached hydrogen (secondary N) is 2. The van der Waals surface area contributed by atoms with Crippen LogP contribution in [0, 0.1) is 13.8 Å². The molecule has 7 nitrogen and oxygen atoms in total. The molecule has 1 aromatic heterocycles. The zero-order valence-electron chi connectivity index (χ0n) is 16.6. The van der Waals surface area contributed by atoms with Gasteiger partial charge in [-0.2, -0.15) is 0 Å². The van der Waals surface area contributed by atoms with Crippen LogP contribution in [0.2, 0.25) is 0 Å². The summed E-state index contributed by atoms with van der Waals surface area (Å²) in [7, 11) is 0. The van der Waals surface area contributed by atoms with Gasteiger partial charge < -0.3 is 5.32 Å². The minimum atomic E-state index is -0.602. The van der Waals surface area contributed by atoms with Crippen molar-refractivity contribution in [1.82, 2.24) is 4.98 Å². The Morgan fingerprint density at radius 2 is 1.87 bits per heavy atom. The lowest BCUT2D eigenvalue weighted by molar-refractivity contribution is -0.120. The predicted octanol–water partition coefficient (Wildman–Crippen LogP) is 4.45. The van der Waals surface area contributed by atoms with Crippen molar-refractivity contribution in [2.45, 2.75) is 13.8 Å². The van der Waals surface area contributed by atoms with Crippen LogP contribution in [0.3, 0.4) is 0 Å². The number of anilines is 3. The molecule has 156 valence electrons. The van der Waals surface area contributed by atoms with Crippen molar-refractivity contribution in [3.05, 3.63) is 81.5 Å². The fourth-order valence-electron chi connectivity index (χ4n) is 3.05. The third-order valence-corrected chi connectivity index (χ3v) is 5.86. The molecule has 0 bridgehead atoms. The van der Waals surface area contributed by atoms with E-state index in [1.54, 1.807) is 48.0 Å². The van der Waals surface area contributed by atoms with Crippen molar-refractivity contribution in [2.75, 3.05) is 15.5 Å². The largest absolute Gasteiger partial charge is 0.350 e. The number of thiazole rings is 1. The van der Waals surface area contributed by atoms with E-state index >= 15 is 0 Å². The van der Waals surface area contributed by atoms with Gasteiger partial charge in [-0.15, -0.1) is 11.3 Å². The highest BCUT2D eigenvalue weighted by Crippen LogP contribution is 2.31. The van der Waals surface area contributed by atoms with E-state index in [1.165, 1.54) is 11.3 Å². The third-order valence-electron chi connectivity index (χ3n) is 4.82. The van der Waals surface area contributed by atoms with E-state index in [-0.39, 0.29) is 16.6 Å². The summed E-state index contributed by atoms with van der Waals surface area (Å²) < 4.78 is 0. The molecular weight excluding hydrogens is 436 g/mol. The fourth-order valence-corrected chi connectivity index (χ4v) is 3.78. The molecule has 0 aliphatic carbocycles. The highest BCUT2D eigenvalue weighted by Gasteiger charge is 2.39. The summed E-state index contributed by atoms with van der Waals surface area (Å²) in [6.07, 6.45) is 1.59. The highest BCUT2D eigenvalue weighted by molar-refractivity contribution is 7.13. The third kappa shape index (κ3) is 4.08. The number of hydrogen-bond acceptors (Lipinski definition) is 6. The Balaban J connectivity index is 1.56. The van der Waals surface area contributed by atoms with Gasteiger partial charge in [0.2, 0.25) is 0 Å². The van der Waals surface area contributed by atoms with Gasteiger partial charge in [-0.25, -0.2) is 9.88 Å². The molecule has 1 aliphatic heterocycles. The van der Waals surface area contributed by atoms with Crippen LogP contribution in [0.4, 0.5) is 16.5 Å². The normalized spacial score (nSPS) is 13.7. The van der Waals surface area contributed by atoms with E-state index in [4.69, 9.17) is 11.6 Å². The maximum atomic E-state index is 13.0. The molecule has 0 spiro atoms. The Morgan fingerprint density at radius 1 is 1.06 bits per heavy atom. The van der Waals surface area contributed by atoms with E-state index < -0.39 is 11.8 Å². The molecule has 2 heterocycles. The smallest absolute Gasteiger partial charge is 0.283 e. The number of amides is 3. The lowest BCUT2D eigenvalue weighted by Crippen LogP contribution is -2.32. The summed E-state index contributed by atoms with van der Waals surface area (Å²) in [5.74, 6) is -1.50. The number of carbonyl (C=O) groups excluding carboxylic acids is 3. The number of carbonyl (C=O) groups is 3. The van der Waals surface area contributed by atoms with Gasteiger partial charge in [0.05, 0.1) is 5.69 Å². The average molecular weight is 453 g/mol. The van der Waals surface area contributed by atoms with Gasteiger partial charge in [0.15, 0.2) is 5.13 Å². The van der Waals surface area contributed by atoms with Crippen molar-refractivity contribution >= 4 is 57.2 Å². The molecule has 2 aromatic carbocycles. The molecule has 0 saturated carbocycles. The van der Waals surface area contributed by atoms with Crippen molar-refractivity contribution in [3.63, 3.8) is 0 Å². The molecule has 0 unspecified atom stereocenters. The Bertz CT molecular complexity index is 1240. The van der Waals surface area contributed by atoms with E-state index in [0.717, 1.165) is 16.0 Å². The van der Waals surface area contributed by atoms with Crippen LogP contribution in [0.1, 0.15) is 21.5 Å². The number of halogens is 1. The fraction of sp³-hybridized carbons (Fsp3) is 0.0909. The predicted molar refractivity (Wildman–Crippen MR) is 121 cm³/mol. The molecular formula is C22H17ClN4O3S. The van der Waals surface area contributed by atoms with Crippen LogP contribution < -0.4 is 15.5 Å². The van der Waals surface area contributed by atoms with Crippen LogP contribution in [-0.4, -0.2) is 22.7 Å². The van der Waals surface area contributed by atoms with Gasteiger partial charge in [0, 0.05) is 22.8 Å². The van der Waals surface area contributed by atoms with Gasteiger partial charge in [-0.05, 0) is 55.3 Å². The minimum Gasteiger partial charge on any atom is -0.350 e. The molecule has 0 atom stereocenters. The molecule has 3 amide bonds. The molecule has 3 aromatic rings. The molecule has 9 heteroatoms. The maximum absolute atomic E-state index is 13.0. The van der Waals surface area contributed by atoms with Crippen molar-refractivity contribution in [1.29, 1.82) is 0 Å². The average Bonchev–Trinajstić information content (AvgIpc) is 3.33. The summed E-state index contributed by atoms with van der Waals surface area (Å²) in [5, 5.41) is 7.62. The van der Waals surface area contributed by atoms with Gasteiger partial charge in [0.1, 0.15) is 10.7 Å². The molecule has 0 radical (unpaired) electrons. The van der Waals surface area contributed by atoms with E-state index in [0.29, 0.717) is 22.1 Å². The van der Waals surface area contributed by atoms with Crippen molar-refractivity contribution in [3.8, 4) is 0 Å². The molecule has 4 rings (SSSR count). The first kappa shape index (κ1) is 20.8. The van der Waals surface area contributed by atoms with E-state index in [2.05, 4.69) is 15.6 Å². The quantitative estimate of drug-likeness (QED) is 0.558. The second-order valence-corrected chi connectivity index (χ2v) is 8.17. The van der Waals surface area contributed by atoms with Crippen LogP contribution in [-0.2, 0) is 9.59 Å². The van der Waals surface area contributed by atoms with Gasteiger partial charge in [-0.3, -0.25) is 19.7 Å². The summed E-state index contributed by atoms with van der Waals surface area (Å²) in [6.45, 7) is 3.85. The van der Waals surface area contributed by atoms with Crippen LogP contribution in [0.15, 0.2) is 64.8 Å². The Labute approximate surface area is 187 Å². The van der Waals surface area contributed by atoms with Crippen molar-refractivity contribution < 1.29 is 14.4 Å². The van der Waals surface area contributed by atoms with Crippen LogP contribution in [0.5, 0.6) is 0 Å². The molecule has 0 saturated heterocycles. The van der Waals surface area contributed by atoms with Crippen LogP contribution >= 0.6 is 22.9 Å². The topological polar surface area (TPSA) is 91.4 Å². The highest BCUT2D eigenvalue weighted by atomic mass is 35.5.